The Hall–Kier alpha value is -3.58. The van der Waals surface area contributed by atoms with Crippen molar-refractivity contribution in [3.8, 4) is 5.75 Å². The summed E-state index contributed by atoms with van der Waals surface area (Å²) in [5.74, 6) is 0.181. The Kier molecular flexibility index (Phi) is 6.87. The largest absolute Gasteiger partial charge is 0.497 e. The Labute approximate surface area is 187 Å². The molecular weight excluding hydrogens is 406 g/mol. The van der Waals surface area contributed by atoms with Gasteiger partial charge in [0.2, 0.25) is 0 Å². The van der Waals surface area contributed by atoms with Crippen molar-refractivity contribution < 1.29 is 18.7 Å². The molecule has 0 saturated carbocycles. The molecule has 2 N–H and O–H groups in total. The van der Waals surface area contributed by atoms with Gasteiger partial charge in [-0.05, 0) is 47.4 Å². The van der Waals surface area contributed by atoms with Gasteiger partial charge in [-0.15, -0.1) is 0 Å². The molecule has 7 nitrogen and oxygen atoms in total. The third-order valence-corrected chi connectivity index (χ3v) is 5.75. The van der Waals surface area contributed by atoms with E-state index in [1.165, 1.54) is 11.1 Å². The first-order chi connectivity index (χ1) is 15.6. The van der Waals surface area contributed by atoms with Gasteiger partial charge in [-0.3, -0.25) is 14.5 Å². The normalized spacial score (nSPS) is 14.3. The molecule has 0 saturated heterocycles. The number of methoxy groups -OCH3 is 1. The molecule has 166 valence electrons. The number of ether oxygens (including phenoxy) is 1. The molecule has 1 aromatic heterocycles. The molecule has 3 aromatic rings. The molecule has 1 atom stereocenters. The van der Waals surface area contributed by atoms with Crippen LogP contribution < -0.4 is 15.4 Å². The smallest absolute Gasteiger partial charge is 0.309 e. The van der Waals surface area contributed by atoms with Crippen LogP contribution in [0.25, 0.3) is 0 Å². The van der Waals surface area contributed by atoms with Crippen LogP contribution in [0.2, 0.25) is 0 Å². The number of nitrogens with one attached hydrogen (secondary N) is 2. The van der Waals surface area contributed by atoms with Crippen LogP contribution in [-0.4, -0.2) is 36.9 Å². The van der Waals surface area contributed by atoms with Gasteiger partial charge in [0, 0.05) is 26.2 Å². The Morgan fingerprint density at radius 1 is 1.00 bits per heavy atom. The van der Waals surface area contributed by atoms with Gasteiger partial charge in [0.25, 0.3) is 0 Å². The predicted octanol–water partition coefficient (Wildman–Crippen LogP) is 2.82. The van der Waals surface area contributed by atoms with Crippen LogP contribution in [0.5, 0.6) is 5.75 Å². The van der Waals surface area contributed by atoms with Gasteiger partial charge in [0.05, 0.1) is 19.4 Å². The molecule has 7 heteroatoms. The highest BCUT2D eigenvalue weighted by Crippen LogP contribution is 2.27. The SMILES string of the molecule is COc1ccc(CNC(=O)C(=O)NC[C@@H](c2ccco2)N2CCc3ccccc3C2)cc1. The Balaban J connectivity index is 1.34. The van der Waals surface area contributed by atoms with Crippen molar-refractivity contribution >= 4 is 11.8 Å². The summed E-state index contributed by atoms with van der Waals surface area (Å²) in [5, 5.41) is 5.43. The minimum Gasteiger partial charge on any atom is -0.497 e. The zero-order valence-electron chi connectivity index (χ0n) is 18.0. The van der Waals surface area contributed by atoms with E-state index >= 15 is 0 Å². The molecule has 4 rings (SSSR count). The van der Waals surface area contributed by atoms with Crippen molar-refractivity contribution in [3.63, 3.8) is 0 Å². The Morgan fingerprint density at radius 2 is 1.75 bits per heavy atom. The number of amides is 2. The fraction of sp³-hybridized carbons (Fsp3) is 0.280. The van der Waals surface area contributed by atoms with Crippen LogP contribution in [0.4, 0.5) is 0 Å². The summed E-state index contributed by atoms with van der Waals surface area (Å²) in [7, 11) is 1.60. The number of nitrogens with zero attached hydrogens (tertiary/aromatic N) is 1. The molecular formula is C25H27N3O4. The number of carbonyl (C=O) groups excluding carboxylic acids is 2. The van der Waals surface area contributed by atoms with E-state index in [1.807, 2.05) is 42.5 Å². The fourth-order valence-electron chi connectivity index (χ4n) is 3.95. The minimum atomic E-state index is -0.664. The number of fused-ring (bicyclic) bond motifs is 1. The number of furan rings is 1. The Morgan fingerprint density at radius 3 is 2.47 bits per heavy atom. The first-order valence-corrected chi connectivity index (χ1v) is 10.7. The quantitative estimate of drug-likeness (QED) is 0.560. The van der Waals surface area contributed by atoms with Crippen molar-refractivity contribution in [2.75, 3.05) is 20.2 Å². The molecule has 32 heavy (non-hydrogen) atoms. The molecule has 0 radical (unpaired) electrons. The lowest BCUT2D eigenvalue weighted by atomic mass is 9.98. The number of hydrogen-bond acceptors (Lipinski definition) is 5. The highest BCUT2D eigenvalue weighted by Gasteiger charge is 2.27. The van der Waals surface area contributed by atoms with Crippen molar-refractivity contribution in [2.24, 2.45) is 0 Å². The maximum absolute atomic E-state index is 12.4. The molecule has 1 aliphatic heterocycles. The summed E-state index contributed by atoms with van der Waals surface area (Å²) in [6.07, 6.45) is 2.56. The van der Waals surface area contributed by atoms with Crippen LogP contribution in [-0.2, 0) is 29.1 Å². The van der Waals surface area contributed by atoms with E-state index in [9.17, 15) is 9.59 Å². The second-order valence-electron chi connectivity index (χ2n) is 7.76. The standard InChI is InChI=1S/C25H27N3O4/c1-31-21-10-8-18(9-11-21)15-26-24(29)25(30)27-16-22(23-7-4-14-32-23)28-13-12-19-5-2-3-6-20(19)17-28/h2-11,14,22H,12-13,15-17H2,1H3,(H,26,29)(H,27,30)/t22-/m0/s1. The third-order valence-electron chi connectivity index (χ3n) is 5.75. The lowest BCUT2D eigenvalue weighted by Crippen LogP contribution is -2.45. The third kappa shape index (κ3) is 5.18. The van der Waals surface area contributed by atoms with Crippen molar-refractivity contribution in [3.05, 3.63) is 89.4 Å². The molecule has 0 aliphatic carbocycles. The van der Waals surface area contributed by atoms with E-state index in [0.29, 0.717) is 0 Å². The van der Waals surface area contributed by atoms with E-state index in [2.05, 4.69) is 33.7 Å². The lowest BCUT2D eigenvalue weighted by molar-refractivity contribution is -0.139. The average Bonchev–Trinajstić information content (AvgIpc) is 3.37. The van der Waals surface area contributed by atoms with E-state index in [0.717, 1.165) is 36.6 Å². The second-order valence-corrected chi connectivity index (χ2v) is 7.76. The fourth-order valence-corrected chi connectivity index (χ4v) is 3.95. The summed E-state index contributed by atoms with van der Waals surface area (Å²) in [5.41, 5.74) is 3.51. The number of benzene rings is 2. The summed E-state index contributed by atoms with van der Waals surface area (Å²) in [4.78, 5) is 27.0. The topological polar surface area (TPSA) is 83.8 Å². The van der Waals surface area contributed by atoms with Crippen molar-refractivity contribution in [1.82, 2.24) is 15.5 Å². The predicted molar refractivity (Wildman–Crippen MR) is 120 cm³/mol. The highest BCUT2D eigenvalue weighted by molar-refractivity contribution is 6.35. The van der Waals surface area contributed by atoms with Crippen LogP contribution in [0.15, 0.2) is 71.3 Å². The molecule has 1 aliphatic rings. The minimum absolute atomic E-state index is 0.156. The molecule has 0 bridgehead atoms. The highest BCUT2D eigenvalue weighted by atomic mass is 16.5. The van der Waals surface area contributed by atoms with E-state index in [-0.39, 0.29) is 19.1 Å². The van der Waals surface area contributed by atoms with Gasteiger partial charge in [-0.25, -0.2) is 0 Å². The first-order valence-electron chi connectivity index (χ1n) is 10.7. The van der Waals surface area contributed by atoms with Gasteiger partial charge in [-0.1, -0.05) is 36.4 Å². The van der Waals surface area contributed by atoms with E-state index < -0.39 is 11.8 Å². The number of hydrogen-bond donors (Lipinski definition) is 2. The molecule has 2 amide bonds. The van der Waals surface area contributed by atoms with E-state index in [4.69, 9.17) is 9.15 Å². The summed E-state index contributed by atoms with van der Waals surface area (Å²) < 4.78 is 10.8. The molecule has 0 fully saturated rings. The van der Waals surface area contributed by atoms with Crippen LogP contribution in [0.3, 0.4) is 0 Å². The summed E-state index contributed by atoms with van der Waals surface area (Å²) in [6, 6.07) is 19.3. The van der Waals surface area contributed by atoms with Gasteiger partial charge in [-0.2, -0.15) is 0 Å². The van der Waals surface area contributed by atoms with Gasteiger partial charge >= 0.3 is 11.8 Å². The lowest BCUT2D eigenvalue weighted by Gasteiger charge is -2.34. The molecule has 0 spiro atoms. The van der Waals surface area contributed by atoms with Crippen LogP contribution in [0, 0.1) is 0 Å². The monoisotopic (exact) mass is 433 g/mol. The molecule has 0 unspecified atom stereocenters. The van der Waals surface area contributed by atoms with E-state index in [1.54, 1.807) is 13.4 Å². The molecule has 2 aromatic carbocycles. The maximum atomic E-state index is 12.4. The number of carbonyl (C=O) groups is 2. The Bertz CT molecular complexity index is 1050. The average molecular weight is 434 g/mol. The van der Waals surface area contributed by atoms with Gasteiger partial charge < -0.3 is 19.8 Å². The zero-order chi connectivity index (χ0) is 22.3. The van der Waals surface area contributed by atoms with Crippen LogP contribution in [0.1, 0.15) is 28.5 Å². The van der Waals surface area contributed by atoms with Gasteiger partial charge in [0.1, 0.15) is 11.5 Å². The van der Waals surface area contributed by atoms with Crippen LogP contribution >= 0.6 is 0 Å². The summed E-state index contributed by atoms with van der Waals surface area (Å²) >= 11 is 0. The first kappa shape index (κ1) is 21.6. The maximum Gasteiger partial charge on any atom is 0.309 e. The van der Waals surface area contributed by atoms with Crippen molar-refractivity contribution in [1.29, 1.82) is 0 Å². The van der Waals surface area contributed by atoms with Gasteiger partial charge in [0.15, 0.2) is 0 Å². The molecule has 2 heterocycles. The second kappa shape index (κ2) is 10.2. The van der Waals surface area contributed by atoms with Crippen molar-refractivity contribution in [2.45, 2.75) is 25.6 Å². The summed E-state index contributed by atoms with van der Waals surface area (Å²) in [6.45, 7) is 2.16. The number of rotatable bonds is 7. The zero-order valence-corrected chi connectivity index (χ0v) is 18.0.